The minimum Gasteiger partial charge on any atom is -0.240 e. The molecule has 1 fully saturated rings. The summed E-state index contributed by atoms with van der Waals surface area (Å²) in [5, 5.41) is 1.46. The Bertz CT molecular complexity index is 297. The van der Waals surface area contributed by atoms with Gasteiger partial charge in [-0.2, -0.15) is 11.8 Å². The third-order valence-electron chi connectivity index (χ3n) is 2.54. The number of nitrogens with zero attached hydrogens (tertiary/aromatic N) is 1. The number of aromatic nitrogens is 1. The van der Waals surface area contributed by atoms with E-state index in [0.717, 1.165) is 16.7 Å². The summed E-state index contributed by atoms with van der Waals surface area (Å²) >= 11 is 7.84. The van der Waals surface area contributed by atoms with Crippen molar-refractivity contribution < 1.29 is 0 Å². The highest BCUT2D eigenvalue weighted by atomic mass is 35.5. The average Bonchev–Trinajstić information content (AvgIpc) is 2.67. The molecule has 0 aromatic carbocycles. The highest BCUT2D eigenvalue weighted by molar-refractivity contribution is 7.99. The second kappa shape index (κ2) is 5.04. The van der Waals surface area contributed by atoms with Crippen LogP contribution in [-0.4, -0.2) is 10.2 Å². The summed E-state index contributed by atoms with van der Waals surface area (Å²) in [4.78, 5) is 4.28. The molecule has 1 heterocycles. The third kappa shape index (κ3) is 2.89. The molecule has 0 bridgehead atoms. The minimum absolute atomic E-state index is 0.606. The van der Waals surface area contributed by atoms with E-state index < -0.39 is 0 Å². The van der Waals surface area contributed by atoms with Gasteiger partial charge in [0.25, 0.3) is 0 Å². The van der Waals surface area contributed by atoms with Crippen LogP contribution in [0.15, 0.2) is 18.2 Å². The van der Waals surface area contributed by atoms with Gasteiger partial charge in [-0.25, -0.2) is 4.98 Å². The normalized spacial score (nSPS) is 17.5. The van der Waals surface area contributed by atoms with E-state index in [-0.39, 0.29) is 0 Å². The van der Waals surface area contributed by atoms with Crippen molar-refractivity contribution in [3.63, 3.8) is 0 Å². The topological polar surface area (TPSA) is 12.9 Å². The van der Waals surface area contributed by atoms with Crippen LogP contribution >= 0.6 is 23.4 Å². The molecule has 0 aliphatic heterocycles. The summed E-state index contributed by atoms with van der Waals surface area (Å²) in [7, 11) is 0. The van der Waals surface area contributed by atoms with Crippen molar-refractivity contribution in [1.29, 1.82) is 0 Å². The van der Waals surface area contributed by atoms with E-state index in [4.69, 9.17) is 11.6 Å². The molecule has 76 valence electrons. The van der Waals surface area contributed by atoms with Crippen molar-refractivity contribution in [1.82, 2.24) is 4.98 Å². The van der Waals surface area contributed by atoms with Gasteiger partial charge in [-0.1, -0.05) is 30.5 Å². The van der Waals surface area contributed by atoms with Crippen LogP contribution in [0.1, 0.15) is 31.4 Å². The molecule has 0 unspecified atom stereocenters. The molecule has 0 spiro atoms. The molecule has 3 heteroatoms. The lowest BCUT2D eigenvalue weighted by molar-refractivity contribution is 0.886. The Morgan fingerprint density at radius 1 is 1.36 bits per heavy atom. The molecular weight excluding hydrogens is 214 g/mol. The number of hydrogen-bond acceptors (Lipinski definition) is 2. The summed E-state index contributed by atoms with van der Waals surface area (Å²) in [6, 6.07) is 5.85. The summed E-state index contributed by atoms with van der Waals surface area (Å²) in [5.41, 5.74) is 1.11. The second-order valence-corrected chi connectivity index (χ2v) is 5.35. The molecule has 1 aromatic rings. The molecule has 1 aromatic heterocycles. The molecule has 0 radical (unpaired) electrons. The first-order valence-corrected chi connectivity index (χ1v) is 6.50. The molecule has 1 nitrogen and oxygen atoms in total. The standard InChI is InChI=1S/C11H14ClNS/c12-11-7-3-4-9(13-11)8-14-10-5-1-2-6-10/h3-4,7,10H,1-2,5-6,8H2. The van der Waals surface area contributed by atoms with Gasteiger partial charge in [0.1, 0.15) is 5.15 Å². The quantitative estimate of drug-likeness (QED) is 0.727. The maximum absolute atomic E-state index is 5.82. The van der Waals surface area contributed by atoms with Crippen molar-refractivity contribution >= 4 is 23.4 Å². The minimum atomic E-state index is 0.606. The highest BCUT2D eigenvalue weighted by Crippen LogP contribution is 2.31. The molecular formula is C11H14ClNS. The van der Waals surface area contributed by atoms with Crippen molar-refractivity contribution in [2.75, 3.05) is 0 Å². The fourth-order valence-corrected chi connectivity index (χ4v) is 3.20. The second-order valence-electron chi connectivity index (χ2n) is 3.67. The van der Waals surface area contributed by atoms with E-state index in [9.17, 15) is 0 Å². The van der Waals surface area contributed by atoms with Gasteiger partial charge < -0.3 is 0 Å². The summed E-state index contributed by atoms with van der Waals surface area (Å²) in [6.07, 6.45) is 5.57. The molecule has 0 N–H and O–H groups in total. The maximum atomic E-state index is 5.82. The van der Waals surface area contributed by atoms with E-state index in [0.29, 0.717) is 5.15 Å². The summed E-state index contributed by atoms with van der Waals surface area (Å²) in [6.45, 7) is 0. The maximum Gasteiger partial charge on any atom is 0.129 e. The smallest absolute Gasteiger partial charge is 0.129 e. The van der Waals surface area contributed by atoms with Crippen LogP contribution < -0.4 is 0 Å². The van der Waals surface area contributed by atoms with Gasteiger partial charge in [0, 0.05) is 11.0 Å². The van der Waals surface area contributed by atoms with Crippen molar-refractivity contribution in [2.45, 2.75) is 36.7 Å². The van der Waals surface area contributed by atoms with E-state index >= 15 is 0 Å². The van der Waals surface area contributed by atoms with Gasteiger partial charge in [-0.3, -0.25) is 0 Å². The number of rotatable bonds is 3. The first kappa shape index (κ1) is 10.3. The number of halogens is 1. The van der Waals surface area contributed by atoms with Crippen LogP contribution in [0, 0.1) is 0 Å². The van der Waals surface area contributed by atoms with Crippen LogP contribution in [0.5, 0.6) is 0 Å². The largest absolute Gasteiger partial charge is 0.240 e. The van der Waals surface area contributed by atoms with E-state index in [1.165, 1.54) is 25.7 Å². The molecule has 1 aliphatic rings. The van der Waals surface area contributed by atoms with Gasteiger partial charge in [-0.15, -0.1) is 0 Å². The lowest BCUT2D eigenvalue weighted by Crippen LogP contribution is -1.96. The first-order chi connectivity index (χ1) is 6.84. The van der Waals surface area contributed by atoms with Gasteiger partial charge in [-0.05, 0) is 25.0 Å². The average molecular weight is 228 g/mol. The van der Waals surface area contributed by atoms with Gasteiger partial charge in [0.2, 0.25) is 0 Å². The lowest BCUT2D eigenvalue weighted by atomic mass is 10.4. The zero-order valence-corrected chi connectivity index (χ0v) is 9.65. The lowest BCUT2D eigenvalue weighted by Gasteiger charge is -2.07. The zero-order chi connectivity index (χ0) is 9.80. The Morgan fingerprint density at radius 2 is 2.14 bits per heavy atom. The fraction of sp³-hybridized carbons (Fsp3) is 0.545. The van der Waals surface area contributed by atoms with Crippen LogP contribution in [-0.2, 0) is 5.75 Å². The third-order valence-corrected chi connectivity index (χ3v) is 4.16. The Morgan fingerprint density at radius 3 is 2.86 bits per heavy atom. The molecule has 2 rings (SSSR count). The van der Waals surface area contributed by atoms with Gasteiger partial charge in [0.15, 0.2) is 0 Å². The molecule has 0 saturated heterocycles. The highest BCUT2D eigenvalue weighted by Gasteiger charge is 2.15. The van der Waals surface area contributed by atoms with Gasteiger partial charge >= 0.3 is 0 Å². The number of hydrogen-bond donors (Lipinski definition) is 0. The predicted octanol–water partition coefficient (Wildman–Crippen LogP) is 3.91. The Hall–Kier alpha value is -0.210. The van der Waals surface area contributed by atoms with Crippen LogP contribution in [0.4, 0.5) is 0 Å². The van der Waals surface area contributed by atoms with Crippen LogP contribution in [0.2, 0.25) is 5.15 Å². The van der Waals surface area contributed by atoms with E-state index in [1.54, 1.807) is 0 Å². The predicted molar refractivity (Wildman–Crippen MR) is 62.8 cm³/mol. The molecule has 0 amide bonds. The summed E-state index contributed by atoms with van der Waals surface area (Å²) < 4.78 is 0. The monoisotopic (exact) mass is 227 g/mol. The van der Waals surface area contributed by atoms with Crippen molar-refractivity contribution in [3.05, 3.63) is 29.0 Å². The molecule has 0 atom stereocenters. The van der Waals surface area contributed by atoms with Crippen LogP contribution in [0.25, 0.3) is 0 Å². The molecule has 1 saturated carbocycles. The van der Waals surface area contributed by atoms with E-state index in [2.05, 4.69) is 4.98 Å². The Kier molecular flexibility index (Phi) is 3.71. The van der Waals surface area contributed by atoms with Gasteiger partial charge in [0.05, 0.1) is 5.69 Å². The van der Waals surface area contributed by atoms with Crippen molar-refractivity contribution in [2.24, 2.45) is 0 Å². The molecule has 1 aliphatic carbocycles. The first-order valence-electron chi connectivity index (χ1n) is 5.07. The number of thioether (sulfide) groups is 1. The Balaban J connectivity index is 1.85. The Labute approximate surface area is 94.3 Å². The van der Waals surface area contributed by atoms with Crippen molar-refractivity contribution in [3.8, 4) is 0 Å². The zero-order valence-electron chi connectivity index (χ0n) is 8.08. The number of pyridine rings is 1. The van der Waals surface area contributed by atoms with Crippen LogP contribution in [0.3, 0.4) is 0 Å². The SMILES string of the molecule is Clc1cccc(CSC2CCCC2)n1. The van der Waals surface area contributed by atoms with E-state index in [1.807, 2.05) is 30.0 Å². The molecule has 14 heavy (non-hydrogen) atoms. The fourth-order valence-electron chi connectivity index (χ4n) is 1.79. The summed E-state index contributed by atoms with van der Waals surface area (Å²) in [5.74, 6) is 1.01.